The van der Waals surface area contributed by atoms with E-state index in [2.05, 4.69) is 0 Å². The molecule has 98 valence electrons. The van der Waals surface area contributed by atoms with Gasteiger partial charge < -0.3 is 19.8 Å². The van der Waals surface area contributed by atoms with Crippen LogP contribution in [-0.4, -0.2) is 17.8 Å². The van der Waals surface area contributed by atoms with Gasteiger partial charge in [-0.15, -0.1) is 0 Å². The third-order valence-corrected chi connectivity index (χ3v) is 3.17. The topological polar surface area (TPSA) is 66.5 Å². The predicted molar refractivity (Wildman–Crippen MR) is 72.5 cm³/mol. The number of ether oxygens (including phenoxy) is 2. The normalized spacial score (nSPS) is 13.3. The molecule has 3 rings (SSSR count). The van der Waals surface area contributed by atoms with Gasteiger partial charge in [0, 0.05) is 12.6 Å². The molecule has 2 N–H and O–H groups in total. The fourth-order valence-electron chi connectivity index (χ4n) is 2.15. The summed E-state index contributed by atoms with van der Waals surface area (Å²) in [6, 6.07) is 9.07. The van der Waals surface area contributed by atoms with Crippen LogP contribution in [0.5, 0.6) is 11.5 Å². The molecule has 5 nitrogen and oxygen atoms in total. The second-order valence-electron chi connectivity index (χ2n) is 4.40. The fourth-order valence-corrected chi connectivity index (χ4v) is 2.15. The van der Waals surface area contributed by atoms with E-state index >= 15 is 0 Å². The first-order valence-electron chi connectivity index (χ1n) is 6.02. The molecule has 1 aromatic carbocycles. The molecule has 0 fully saturated rings. The van der Waals surface area contributed by atoms with Crippen molar-refractivity contribution < 1.29 is 9.47 Å². The Morgan fingerprint density at radius 3 is 2.63 bits per heavy atom. The number of pyridine rings is 1. The van der Waals surface area contributed by atoms with Crippen LogP contribution in [-0.2, 0) is 7.05 Å². The van der Waals surface area contributed by atoms with E-state index in [1.807, 2.05) is 24.3 Å². The number of benzene rings is 1. The van der Waals surface area contributed by atoms with Gasteiger partial charge in [-0.2, -0.15) is 0 Å². The molecule has 1 aliphatic heterocycles. The monoisotopic (exact) mass is 258 g/mol. The Morgan fingerprint density at radius 1 is 1.11 bits per heavy atom. The molecule has 0 amide bonds. The van der Waals surface area contributed by atoms with Gasteiger partial charge in [0.25, 0.3) is 5.56 Å². The summed E-state index contributed by atoms with van der Waals surface area (Å²) in [5, 5.41) is 0. The average molecular weight is 258 g/mol. The third kappa shape index (κ3) is 1.93. The zero-order valence-electron chi connectivity index (χ0n) is 10.6. The van der Waals surface area contributed by atoms with E-state index in [1.54, 1.807) is 13.1 Å². The van der Waals surface area contributed by atoms with Crippen molar-refractivity contribution in [2.24, 2.45) is 7.05 Å². The summed E-state index contributed by atoms with van der Waals surface area (Å²) in [6.45, 7) is 1.10. The molecular formula is C14H14N2O3. The largest absolute Gasteiger partial charge is 0.486 e. The minimum absolute atomic E-state index is 0.201. The zero-order valence-corrected chi connectivity index (χ0v) is 10.6. The lowest BCUT2D eigenvalue weighted by Crippen LogP contribution is -2.21. The maximum Gasteiger partial charge on any atom is 0.273 e. The van der Waals surface area contributed by atoms with Gasteiger partial charge in [0.15, 0.2) is 11.5 Å². The number of nitrogens with two attached hydrogens (primary N) is 1. The van der Waals surface area contributed by atoms with Crippen molar-refractivity contribution in [3.8, 4) is 22.8 Å². The molecule has 0 atom stereocenters. The molecule has 0 unspecified atom stereocenters. The van der Waals surface area contributed by atoms with Gasteiger partial charge >= 0.3 is 0 Å². The predicted octanol–water partition coefficient (Wildman–Crippen LogP) is 1.41. The Kier molecular flexibility index (Phi) is 2.67. The smallest absolute Gasteiger partial charge is 0.273 e. The molecule has 0 radical (unpaired) electrons. The number of nitrogen functional groups attached to an aromatic ring is 1. The summed E-state index contributed by atoms with van der Waals surface area (Å²) >= 11 is 0. The zero-order chi connectivity index (χ0) is 13.4. The van der Waals surface area contributed by atoms with Crippen LogP contribution in [0, 0.1) is 0 Å². The van der Waals surface area contributed by atoms with Crippen molar-refractivity contribution in [1.29, 1.82) is 0 Å². The molecule has 1 aliphatic rings. The Labute approximate surface area is 110 Å². The van der Waals surface area contributed by atoms with Gasteiger partial charge in [0.05, 0.1) is 11.4 Å². The molecule has 0 saturated carbocycles. The van der Waals surface area contributed by atoms with Gasteiger partial charge in [-0.05, 0) is 30.3 Å². The van der Waals surface area contributed by atoms with Crippen molar-refractivity contribution in [2.75, 3.05) is 18.9 Å². The van der Waals surface area contributed by atoms with E-state index in [0.29, 0.717) is 19.0 Å². The number of anilines is 1. The minimum Gasteiger partial charge on any atom is -0.486 e. The highest BCUT2D eigenvalue weighted by atomic mass is 16.6. The second-order valence-corrected chi connectivity index (χ2v) is 4.40. The van der Waals surface area contributed by atoms with Crippen molar-refractivity contribution >= 4 is 5.69 Å². The molecular weight excluding hydrogens is 244 g/mol. The molecule has 1 aromatic heterocycles. The summed E-state index contributed by atoms with van der Waals surface area (Å²) in [5.74, 6) is 1.43. The summed E-state index contributed by atoms with van der Waals surface area (Å²) in [5.41, 5.74) is 7.32. The molecule has 0 saturated heterocycles. The Hall–Kier alpha value is -2.43. The van der Waals surface area contributed by atoms with Gasteiger partial charge in [-0.3, -0.25) is 4.79 Å². The van der Waals surface area contributed by atoms with Crippen LogP contribution < -0.4 is 20.8 Å². The highest BCUT2D eigenvalue weighted by molar-refractivity contribution is 5.65. The first kappa shape index (κ1) is 11.6. The molecule has 0 bridgehead atoms. The van der Waals surface area contributed by atoms with Crippen LogP contribution in [0.4, 0.5) is 5.69 Å². The van der Waals surface area contributed by atoms with Crippen molar-refractivity contribution in [1.82, 2.24) is 4.57 Å². The second kappa shape index (κ2) is 4.35. The average Bonchev–Trinajstić information content (AvgIpc) is 2.44. The van der Waals surface area contributed by atoms with Gasteiger partial charge in [0.2, 0.25) is 0 Å². The summed E-state index contributed by atoms with van der Waals surface area (Å²) < 4.78 is 12.5. The van der Waals surface area contributed by atoms with Gasteiger partial charge in [0.1, 0.15) is 13.2 Å². The Balaban J connectivity index is 2.12. The highest BCUT2D eigenvalue weighted by Gasteiger charge is 2.13. The Morgan fingerprint density at radius 2 is 1.84 bits per heavy atom. The van der Waals surface area contributed by atoms with Crippen molar-refractivity contribution in [3.05, 3.63) is 40.7 Å². The van der Waals surface area contributed by atoms with E-state index in [9.17, 15) is 4.79 Å². The van der Waals surface area contributed by atoms with E-state index in [0.717, 1.165) is 17.0 Å². The van der Waals surface area contributed by atoms with Crippen LogP contribution in [0.2, 0.25) is 0 Å². The van der Waals surface area contributed by atoms with E-state index in [-0.39, 0.29) is 11.2 Å². The quantitative estimate of drug-likeness (QED) is 0.839. The SMILES string of the molecule is Cn1c(-c2ccc3c(c2)OCCO3)ccc(N)c1=O. The standard InChI is InChI=1S/C14H14N2O3/c1-16-11(4-3-10(15)14(16)17)9-2-5-12-13(8-9)19-7-6-18-12/h2-5,8H,6-7,15H2,1H3. The lowest BCUT2D eigenvalue weighted by atomic mass is 10.1. The highest BCUT2D eigenvalue weighted by Crippen LogP contribution is 2.34. The number of aromatic nitrogens is 1. The van der Waals surface area contributed by atoms with Crippen LogP contribution >= 0.6 is 0 Å². The number of nitrogens with zero attached hydrogens (tertiary/aromatic N) is 1. The maximum atomic E-state index is 11.8. The third-order valence-electron chi connectivity index (χ3n) is 3.17. The number of rotatable bonds is 1. The first-order chi connectivity index (χ1) is 9.16. The van der Waals surface area contributed by atoms with Gasteiger partial charge in [-0.1, -0.05) is 0 Å². The molecule has 5 heteroatoms. The molecule has 0 aliphatic carbocycles. The van der Waals surface area contributed by atoms with Gasteiger partial charge in [-0.25, -0.2) is 0 Å². The fraction of sp³-hybridized carbons (Fsp3) is 0.214. The summed E-state index contributed by atoms with van der Waals surface area (Å²) in [4.78, 5) is 11.8. The minimum atomic E-state index is -0.201. The lowest BCUT2D eigenvalue weighted by molar-refractivity contribution is 0.171. The van der Waals surface area contributed by atoms with E-state index in [1.165, 1.54) is 4.57 Å². The van der Waals surface area contributed by atoms with Crippen molar-refractivity contribution in [2.45, 2.75) is 0 Å². The molecule has 19 heavy (non-hydrogen) atoms. The first-order valence-corrected chi connectivity index (χ1v) is 6.02. The maximum absolute atomic E-state index is 11.8. The molecule has 0 spiro atoms. The Bertz CT molecular complexity index is 692. The number of fused-ring (bicyclic) bond motifs is 1. The van der Waals surface area contributed by atoms with Crippen LogP contribution in [0.15, 0.2) is 35.1 Å². The van der Waals surface area contributed by atoms with Crippen LogP contribution in [0.1, 0.15) is 0 Å². The summed E-state index contributed by atoms with van der Waals surface area (Å²) in [7, 11) is 1.70. The summed E-state index contributed by atoms with van der Waals surface area (Å²) in [6.07, 6.45) is 0. The van der Waals surface area contributed by atoms with Crippen LogP contribution in [0.25, 0.3) is 11.3 Å². The van der Waals surface area contributed by atoms with Crippen molar-refractivity contribution in [3.63, 3.8) is 0 Å². The van der Waals surface area contributed by atoms with Crippen LogP contribution in [0.3, 0.4) is 0 Å². The van der Waals surface area contributed by atoms with E-state index in [4.69, 9.17) is 15.2 Å². The lowest BCUT2D eigenvalue weighted by Gasteiger charge is -2.19. The number of hydrogen-bond acceptors (Lipinski definition) is 4. The van der Waals surface area contributed by atoms with E-state index < -0.39 is 0 Å². The molecule has 2 heterocycles. The number of hydrogen-bond donors (Lipinski definition) is 1. The molecule has 2 aromatic rings.